The zero-order valence-corrected chi connectivity index (χ0v) is 14.1. The lowest BCUT2D eigenvalue weighted by Gasteiger charge is -2.25. The lowest BCUT2D eigenvalue weighted by Crippen LogP contribution is -2.38. The Morgan fingerprint density at radius 1 is 1.24 bits per heavy atom. The van der Waals surface area contributed by atoms with Crippen LogP contribution in [0.15, 0.2) is 24.3 Å². The van der Waals surface area contributed by atoms with Crippen molar-refractivity contribution < 1.29 is 4.74 Å². The van der Waals surface area contributed by atoms with Gasteiger partial charge in [0.15, 0.2) is 0 Å². The largest absolute Gasteiger partial charge is 0.381 e. The third-order valence-electron chi connectivity index (χ3n) is 4.47. The molecule has 0 saturated carbocycles. The molecular weight excluding hydrogens is 258 g/mol. The molecule has 1 heterocycles. The van der Waals surface area contributed by atoms with Crippen molar-refractivity contribution in [2.24, 2.45) is 5.92 Å². The first-order valence-electron chi connectivity index (χ1n) is 8.41. The van der Waals surface area contributed by atoms with E-state index in [0.29, 0.717) is 12.0 Å². The summed E-state index contributed by atoms with van der Waals surface area (Å²) in [6.45, 7) is 12.0. The molecule has 1 fully saturated rings. The highest BCUT2D eigenvalue weighted by Crippen LogP contribution is 2.24. The SMILES string of the molecule is CCCNC(Cc1ccc(C(C)(C)C)cc1)C1CCOC1. The second-order valence-corrected chi connectivity index (χ2v) is 7.34. The van der Waals surface area contributed by atoms with Gasteiger partial charge in [0.25, 0.3) is 0 Å². The maximum absolute atomic E-state index is 5.58. The van der Waals surface area contributed by atoms with Crippen LogP contribution in [0.1, 0.15) is 51.7 Å². The van der Waals surface area contributed by atoms with Crippen LogP contribution in [0.25, 0.3) is 0 Å². The van der Waals surface area contributed by atoms with Crippen LogP contribution in [0.2, 0.25) is 0 Å². The summed E-state index contributed by atoms with van der Waals surface area (Å²) in [6.07, 6.45) is 3.49. The van der Waals surface area contributed by atoms with Gasteiger partial charge in [-0.15, -0.1) is 0 Å². The molecule has 118 valence electrons. The fourth-order valence-corrected chi connectivity index (χ4v) is 3.00. The van der Waals surface area contributed by atoms with E-state index >= 15 is 0 Å². The van der Waals surface area contributed by atoms with Gasteiger partial charge in [0.05, 0.1) is 6.61 Å². The molecule has 2 unspecified atom stereocenters. The Kier molecular flexibility index (Phi) is 5.83. The Hall–Kier alpha value is -0.860. The second kappa shape index (κ2) is 7.42. The van der Waals surface area contributed by atoms with Crippen LogP contribution in [0, 0.1) is 5.92 Å². The van der Waals surface area contributed by atoms with Gasteiger partial charge in [-0.25, -0.2) is 0 Å². The molecular formula is C19H31NO. The highest BCUT2D eigenvalue weighted by Gasteiger charge is 2.25. The average molecular weight is 289 g/mol. The topological polar surface area (TPSA) is 21.3 Å². The lowest BCUT2D eigenvalue weighted by atomic mass is 9.85. The van der Waals surface area contributed by atoms with Crippen molar-refractivity contribution >= 4 is 0 Å². The maximum Gasteiger partial charge on any atom is 0.0510 e. The fourth-order valence-electron chi connectivity index (χ4n) is 3.00. The van der Waals surface area contributed by atoms with E-state index in [0.717, 1.165) is 26.2 Å². The van der Waals surface area contributed by atoms with Crippen molar-refractivity contribution in [1.29, 1.82) is 0 Å². The molecule has 2 atom stereocenters. The van der Waals surface area contributed by atoms with E-state index in [-0.39, 0.29) is 5.41 Å². The summed E-state index contributed by atoms with van der Waals surface area (Å²) in [4.78, 5) is 0. The van der Waals surface area contributed by atoms with E-state index in [1.54, 1.807) is 0 Å². The predicted molar refractivity (Wildman–Crippen MR) is 89.9 cm³/mol. The zero-order valence-electron chi connectivity index (χ0n) is 14.1. The Labute approximate surface area is 130 Å². The number of ether oxygens (including phenoxy) is 1. The highest BCUT2D eigenvalue weighted by atomic mass is 16.5. The number of nitrogens with one attached hydrogen (secondary N) is 1. The summed E-state index contributed by atoms with van der Waals surface area (Å²) in [5.74, 6) is 0.666. The number of benzene rings is 1. The van der Waals surface area contributed by atoms with Crippen molar-refractivity contribution in [3.63, 3.8) is 0 Å². The van der Waals surface area contributed by atoms with Gasteiger partial charge in [-0.1, -0.05) is 52.0 Å². The first-order valence-corrected chi connectivity index (χ1v) is 8.41. The molecule has 2 nitrogen and oxygen atoms in total. The molecule has 1 N–H and O–H groups in total. The van der Waals surface area contributed by atoms with Crippen LogP contribution in [0.3, 0.4) is 0 Å². The molecule has 1 saturated heterocycles. The van der Waals surface area contributed by atoms with Crippen LogP contribution < -0.4 is 5.32 Å². The van der Waals surface area contributed by atoms with Crippen LogP contribution >= 0.6 is 0 Å². The zero-order chi connectivity index (χ0) is 15.3. The van der Waals surface area contributed by atoms with Gasteiger partial charge in [0.1, 0.15) is 0 Å². The van der Waals surface area contributed by atoms with Crippen LogP contribution in [-0.2, 0) is 16.6 Å². The molecule has 1 aromatic carbocycles. The summed E-state index contributed by atoms with van der Waals surface area (Å²) in [7, 11) is 0. The molecule has 2 heteroatoms. The molecule has 21 heavy (non-hydrogen) atoms. The smallest absolute Gasteiger partial charge is 0.0510 e. The molecule has 1 aliphatic heterocycles. The molecule has 0 bridgehead atoms. The Balaban J connectivity index is 2.01. The van der Waals surface area contributed by atoms with Crippen LogP contribution in [0.4, 0.5) is 0 Å². The van der Waals surface area contributed by atoms with E-state index in [4.69, 9.17) is 4.74 Å². The van der Waals surface area contributed by atoms with Crippen molar-refractivity contribution in [3.8, 4) is 0 Å². The number of rotatable bonds is 6. The summed E-state index contributed by atoms with van der Waals surface area (Å²) >= 11 is 0. The van der Waals surface area contributed by atoms with Gasteiger partial charge in [-0.3, -0.25) is 0 Å². The van der Waals surface area contributed by atoms with Gasteiger partial charge in [-0.2, -0.15) is 0 Å². The van der Waals surface area contributed by atoms with Crippen LogP contribution in [-0.4, -0.2) is 25.8 Å². The summed E-state index contributed by atoms with van der Waals surface area (Å²) in [5.41, 5.74) is 3.08. The van der Waals surface area contributed by atoms with E-state index in [9.17, 15) is 0 Å². The fraction of sp³-hybridized carbons (Fsp3) is 0.684. The van der Waals surface area contributed by atoms with Crippen molar-refractivity contribution in [1.82, 2.24) is 5.32 Å². The van der Waals surface area contributed by atoms with Crippen molar-refractivity contribution in [2.45, 2.75) is 58.4 Å². The Bertz CT molecular complexity index is 412. The second-order valence-electron chi connectivity index (χ2n) is 7.34. The molecule has 1 aliphatic rings. The average Bonchev–Trinajstić information content (AvgIpc) is 2.97. The molecule has 1 aromatic rings. The van der Waals surface area contributed by atoms with Gasteiger partial charge >= 0.3 is 0 Å². The first kappa shape index (κ1) is 16.5. The summed E-state index contributed by atoms with van der Waals surface area (Å²) < 4.78 is 5.58. The standard InChI is InChI=1S/C19H31NO/c1-5-11-20-18(16-10-12-21-14-16)13-15-6-8-17(9-7-15)19(2,3)4/h6-9,16,18,20H,5,10-14H2,1-4H3. The highest BCUT2D eigenvalue weighted by molar-refractivity contribution is 5.28. The van der Waals surface area contributed by atoms with Gasteiger partial charge in [0, 0.05) is 18.6 Å². The molecule has 2 rings (SSSR count). The molecule has 0 radical (unpaired) electrons. The molecule has 0 amide bonds. The van der Waals surface area contributed by atoms with E-state index < -0.39 is 0 Å². The van der Waals surface area contributed by atoms with Crippen LogP contribution in [0.5, 0.6) is 0 Å². The minimum Gasteiger partial charge on any atom is -0.381 e. The third kappa shape index (κ3) is 4.82. The minimum absolute atomic E-state index is 0.234. The third-order valence-corrected chi connectivity index (χ3v) is 4.47. The van der Waals surface area contributed by atoms with Crippen molar-refractivity contribution in [3.05, 3.63) is 35.4 Å². The first-order chi connectivity index (χ1) is 10.0. The maximum atomic E-state index is 5.58. The number of hydrogen-bond donors (Lipinski definition) is 1. The van der Waals surface area contributed by atoms with Gasteiger partial charge in [-0.05, 0) is 42.3 Å². The van der Waals surface area contributed by atoms with E-state index in [2.05, 4.69) is 57.3 Å². The lowest BCUT2D eigenvalue weighted by molar-refractivity contribution is 0.176. The van der Waals surface area contributed by atoms with Crippen molar-refractivity contribution in [2.75, 3.05) is 19.8 Å². The quantitative estimate of drug-likeness (QED) is 0.856. The number of hydrogen-bond acceptors (Lipinski definition) is 2. The van der Waals surface area contributed by atoms with Gasteiger partial charge < -0.3 is 10.1 Å². The Morgan fingerprint density at radius 3 is 2.48 bits per heavy atom. The molecule has 0 aromatic heterocycles. The minimum atomic E-state index is 0.234. The Morgan fingerprint density at radius 2 is 1.95 bits per heavy atom. The van der Waals surface area contributed by atoms with E-state index in [1.807, 2.05) is 0 Å². The van der Waals surface area contributed by atoms with E-state index in [1.165, 1.54) is 24.0 Å². The molecule has 0 spiro atoms. The summed E-state index contributed by atoms with van der Waals surface area (Å²) in [5, 5.41) is 3.72. The summed E-state index contributed by atoms with van der Waals surface area (Å²) in [6, 6.07) is 9.73. The monoisotopic (exact) mass is 289 g/mol. The normalized spacial score (nSPS) is 20.7. The van der Waals surface area contributed by atoms with Gasteiger partial charge in [0.2, 0.25) is 0 Å². The molecule has 0 aliphatic carbocycles. The predicted octanol–water partition coefficient (Wildman–Crippen LogP) is 3.93.